The minimum atomic E-state index is -0.451. The van der Waals surface area contributed by atoms with Gasteiger partial charge in [0, 0.05) is 10.7 Å². The van der Waals surface area contributed by atoms with Crippen molar-refractivity contribution in [3.8, 4) is 5.75 Å². The third-order valence-electron chi connectivity index (χ3n) is 2.43. The molecule has 0 aliphatic heterocycles. The van der Waals surface area contributed by atoms with Crippen LogP contribution in [0.1, 0.15) is 15.9 Å². The van der Waals surface area contributed by atoms with Crippen molar-refractivity contribution in [2.45, 2.75) is 6.92 Å². The van der Waals surface area contributed by atoms with E-state index >= 15 is 0 Å². The Morgan fingerprint density at radius 3 is 2.89 bits per heavy atom. The molecule has 19 heavy (non-hydrogen) atoms. The van der Waals surface area contributed by atoms with E-state index in [1.54, 1.807) is 18.3 Å². The van der Waals surface area contributed by atoms with Gasteiger partial charge in [0.1, 0.15) is 5.75 Å². The standard InChI is InChI=1S/C13H10BrClN2O2/c1-7-4-10(12(15)16-6-7)17-13(19)9-5-8(14)2-3-11(9)18/h2-6,18H,1H3,(H,17,19). The van der Waals surface area contributed by atoms with Gasteiger partial charge in [-0.05, 0) is 36.8 Å². The number of anilines is 1. The Labute approximate surface area is 123 Å². The molecule has 0 saturated heterocycles. The second kappa shape index (κ2) is 5.59. The van der Waals surface area contributed by atoms with E-state index in [-0.39, 0.29) is 16.5 Å². The fraction of sp³-hybridized carbons (Fsp3) is 0.0769. The summed E-state index contributed by atoms with van der Waals surface area (Å²) in [7, 11) is 0. The van der Waals surface area contributed by atoms with E-state index in [0.29, 0.717) is 10.2 Å². The van der Waals surface area contributed by atoms with Gasteiger partial charge >= 0.3 is 0 Å². The van der Waals surface area contributed by atoms with Crippen LogP contribution in [0.15, 0.2) is 34.9 Å². The fourth-order valence-electron chi connectivity index (χ4n) is 1.52. The molecule has 4 nitrogen and oxygen atoms in total. The fourth-order valence-corrected chi connectivity index (χ4v) is 2.03. The number of aryl methyl sites for hydroxylation is 1. The first-order chi connectivity index (χ1) is 8.97. The average molecular weight is 342 g/mol. The largest absolute Gasteiger partial charge is 0.507 e. The van der Waals surface area contributed by atoms with Gasteiger partial charge in [-0.25, -0.2) is 4.98 Å². The number of nitrogens with one attached hydrogen (secondary N) is 1. The molecule has 6 heteroatoms. The van der Waals surface area contributed by atoms with Crippen LogP contribution in [0.5, 0.6) is 5.75 Å². The minimum Gasteiger partial charge on any atom is -0.507 e. The van der Waals surface area contributed by atoms with Crippen LogP contribution in [-0.4, -0.2) is 16.0 Å². The highest BCUT2D eigenvalue weighted by Gasteiger charge is 2.13. The molecule has 0 aliphatic carbocycles. The van der Waals surface area contributed by atoms with E-state index in [0.717, 1.165) is 5.56 Å². The molecule has 0 radical (unpaired) electrons. The number of hydrogen-bond donors (Lipinski definition) is 2. The van der Waals surface area contributed by atoms with Crippen molar-refractivity contribution in [1.82, 2.24) is 4.98 Å². The number of aromatic nitrogens is 1. The van der Waals surface area contributed by atoms with E-state index in [1.807, 2.05) is 6.92 Å². The lowest BCUT2D eigenvalue weighted by Crippen LogP contribution is -2.13. The molecule has 0 aliphatic rings. The number of halogens is 2. The molecule has 1 heterocycles. The Morgan fingerprint density at radius 2 is 2.16 bits per heavy atom. The lowest BCUT2D eigenvalue weighted by Gasteiger charge is -2.09. The van der Waals surface area contributed by atoms with Crippen LogP contribution in [0.25, 0.3) is 0 Å². The Balaban J connectivity index is 2.30. The lowest BCUT2D eigenvalue weighted by atomic mass is 10.2. The number of rotatable bonds is 2. The number of amides is 1. The molecule has 0 bridgehead atoms. The zero-order chi connectivity index (χ0) is 14.0. The molecule has 98 valence electrons. The smallest absolute Gasteiger partial charge is 0.259 e. The Bertz CT molecular complexity index is 647. The molecule has 0 unspecified atom stereocenters. The van der Waals surface area contributed by atoms with Crippen LogP contribution in [0.4, 0.5) is 5.69 Å². The number of aromatic hydroxyl groups is 1. The molecule has 1 aromatic carbocycles. The third-order valence-corrected chi connectivity index (χ3v) is 3.22. The monoisotopic (exact) mass is 340 g/mol. The number of nitrogens with zero attached hydrogens (tertiary/aromatic N) is 1. The predicted molar refractivity (Wildman–Crippen MR) is 77.7 cm³/mol. The van der Waals surface area contributed by atoms with E-state index in [1.165, 1.54) is 12.1 Å². The Hall–Kier alpha value is -1.59. The zero-order valence-corrected chi connectivity index (χ0v) is 12.3. The van der Waals surface area contributed by atoms with E-state index in [4.69, 9.17) is 11.6 Å². The molecule has 2 aromatic rings. The molecular weight excluding hydrogens is 332 g/mol. The average Bonchev–Trinajstić information content (AvgIpc) is 2.36. The summed E-state index contributed by atoms with van der Waals surface area (Å²) < 4.78 is 0.698. The molecule has 0 fully saturated rings. The Morgan fingerprint density at radius 1 is 1.42 bits per heavy atom. The van der Waals surface area contributed by atoms with E-state index in [2.05, 4.69) is 26.2 Å². The maximum absolute atomic E-state index is 12.1. The highest BCUT2D eigenvalue weighted by Crippen LogP contribution is 2.25. The normalized spacial score (nSPS) is 10.3. The van der Waals surface area contributed by atoms with Crippen molar-refractivity contribution in [1.29, 1.82) is 0 Å². The summed E-state index contributed by atoms with van der Waals surface area (Å²) in [5.74, 6) is -0.550. The van der Waals surface area contributed by atoms with Crippen molar-refractivity contribution in [3.05, 3.63) is 51.2 Å². The van der Waals surface area contributed by atoms with Gasteiger partial charge in [-0.2, -0.15) is 0 Å². The first-order valence-corrected chi connectivity index (χ1v) is 6.56. The van der Waals surface area contributed by atoms with Crippen molar-refractivity contribution in [2.75, 3.05) is 5.32 Å². The number of phenolic OH excluding ortho intramolecular Hbond substituents is 1. The van der Waals surface area contributed by atoms with Crippen LogP contribution in [0, 0.1) is 6.92 Å². The number of hydrogen-bond acceptors (Lipinski definition) is 3. The topological polar surface area (TPSA) is 62.2 Å². The maximum Gasteiger partial charge on any atom is 0.259 e. The predicted octanol–water partition coefficient (Wildman–Crippen LogP) is 3.76. The van der Waals surface area contributed by atoms with Crippen molar-refractivity contribution >= 4 is 39.1 Å². The van der Waals surface area contributed by atoms with Gasteiger partial charge in [-0.15, -0.1) is 0 Å². The molecule has 2 rings (SSSR count). The Kier molecular flexibility index (Phi) is 4.07. The number of pyridine rings is 1. The summed E-state index contributed by atoms with van der Waals surface area (Å²) in [6.07, 6.45) is 1.61. The second-order valence-electron chi connectivity index (χ2n) is 3.97. The number of benzene rings is 1. The van der Waals surface area contributed by atoms with Crippen molar-refractivity contribution in [2.24, 2.45) is 0 Å². The summed E-state index contributed by atoms with van der Waals surface area (Å²) in [6, 6.07) is 6.33. The van der Waals surface area contributed by atoms with Gasteiger partial charge in [0.05, 0.1) is 11.3 Å². The third kappa shape index (κ3) is 3.24. The molecule has 0 spiro atoms. The molecule has 1 aromatic heterocycles. The molecule has 2 N–H and O–H groups in total. The SMILES string of the molecule is Cc1cnc(Cl)c(NC(=O)c2cc(Br)ccc2O)c1. The van der Waals surface area contributed by atoms with Crippen molar-refractivity contribution in [3.63, 3.8) is 0 Å². The van der Waals surface area contributed by atoms with Gasteiger partial charge in [-0.1, -0.05) is 27.5 Å². The molecule has 0 atom stereocenters. The zero-order valence-electron chi connectivity index (χ0n) is 9.95. The highest BCUT2D eigenvalue weighted by atomic mass is 79.9. The van der Waals surface area contributed by atoms with E-state index < -0.39 is 5.91 Å². The quantitative estimate of drug-likeness (QED) is 0.818. The summed E-state index contributed by atoms with van der Waals surface area (Å²) in [5.41, 5.74) is 1.44. The molecule has 0 saturated carbocycles. The molecule has 1 amide bonds. The lowest BCUT2D eigenvalue weighted by molar-refractivity contribution is 0.102. The number of carbonyl (C=O) groups excluding carboxylic acids is 1. The van der Waals surface area contributed by atoms with Gasteiger partial charge < -0.3 is 10.4 Å². The van der Waals surface area contributed by atoms with Crippen LogP contribution in [0.2, 0.25) is 5.15 Å². The first kappa shape index (κ1) is 13.8. The van der Waals surface area contributed by atoms with Crippen LogP contribution >= 0.6 is 27.5 Å². The van der Waals surface area contributed by atoms with Gasteiger partial charge in [0.25, 0.3) is 5.91 Å². The summed E-state index contributed by atoms with van der Waals surface area (Å²) in [4.78, 5) is 16.0. The van der Waals surface area contributed by atoms with Crippen LogP contribution < -0.4 is 5.32 Å². The first-order valence-electron chi connectivity index (χ1n) is 5.39. The van der Waals surface area contributed by atoms with Gasteiger partial charge in [0.2, 0.25) is 0 Å². The van der Waals surface area contributed by atoms with Crippen LogP contribution in [-0.2, 0) is 0 Å². The highest BCUT2D eigenvalue weighted by molar-refractivity contribution is 9.10. The van der Waals surface area contributed by atoms with Gasteiger partial charge in [0.15, 0.2) is 5.15 Å². The summed E-state index contributed by atoms with van der Waals surface area (Å²) in [5, 5.41) is 12.5. The van der Waals surface area contributed by atoms with E-state index in [9.17, 15) is 9.90 Å². The molecular formula is C13H10BrClN2O2. The number of carbonyl (C=O) groups is 1. The summed E-state index contributed by atoms with van der Waals surface area (Å²) in [6.45, 7) is 1.84. The van der Waals surface area contributed by atoms with Crippen molar-refractivity contribution < 1.29 is 9.90 Å². The second-order valence-corrected chi connectivity index (χ2v) is 5.24. The maximum atomic E-state index is 12.1. The minimum absolute atomic E-state index is 0.0996. The van der Waals surface area contributed by atoms with Crippen LogP contribution in [0.3, 0.4) is 0 Å². The number of phenols is 1. The van der Waals surface area contributed by atoms with Gasteiger partial charge in [-0.3, -0.25) is 4.79 Å². The summed E-state index contributed by atoms with van der Waals surface area (Å²) >= 11 is 9.15.